The summed E-state index contributed by atoms with van der Waals surface area (Å²) in [7, 11) is 3.61. The molecule has 6 nitrogen and oxygen atoms in total. The van der Waals surface area contributed by atoms with Crippen molar-refractivity contribution in [1.82, 2.24) is 19.2 Å². The van der Waals surface area contributed by atoms with Crippen LogP contribution in [0.4, 0.5) is 11.4 Å². The molecule has 3 aromatic rings. The molecule has 5 rings (SSSR count). The van der Waals surface area contributed by atoms with Gasteiger partial charge in [0.15, 0.2) is 5.69 Å². The van der Waals surface area contributed by atoms with Gasteiger partial charge in [-0.15, -0.1) is 0 Å². The summed E-state index contributed by atoms with van der Waals surface area (Å²) in [6.45, 7) is 8.21. The van der Waals surface area contributed by atoms with E-state index in [0.717, 1.165) is 65.8 Å². The van der Waals surface area contributed by atoms with Gasteiger partial charge in [-0.2, -0.15) is 10.1 Å². The summed E-state index contributed by atoms with van der Waals surface area (Å²) >= 11 is 13.5. The van der Waals surface area contributed by atoms with Gasteiger partial charge in [-0.3, -0.25) is 4.68 Å². The molecule has 1 fully saturated rings. The Morgan fingerprint density at radius 2 is 1.79 bits per heavy atom. The van der Waals surface area contributed by atoms with Crippen LogP contribution in [0.25, 0.3) is 11.3 Å². The Labute approximate surface area is 204 Å². The first-order valence-electron chi connectivity index (χ1n) is 11.2. The fraction of sp³-hybridized carbons (Fsp3) is 0.400. The lowest BCUT2D eigenvalue weighted by atomic mass is 9.92. The van der Waals surface area contributed by atoms with Crippen molar-refractivity contribution in [2.45, 2.75) is 39.0 Å². The van der Waals surface area contributed by atoms with E-state index < -0.39 is 0 Å². The number of aryl methyl sites for hydroxylation is 1. The van der Waals surface area contributed by atoms with Gasteiger partial charge in [0.1, 0.15) is 5.69 Å². The second-order valence-corrected chi connectivity index (χ2v) is 10.6. The number of fused-ring (bicyclic) bond motifs is 2. The number of halogens is 2. The van der Waals surface area contributed by atoms with Gasteiger partial charge in [-0.05, 0) is 12.1 Å². The molecule has 1 saturated heterocycles. The van der Waals surface area contributed by atoms with Crippen LogP contribution in [-0.2, 0) is 12.5 Å². The quantitative estimate of drug-likeness (QED) is 0.410. The van der Waals surface area contributed by atoms with Crippen molar-refractivity contribution >= 4 is 40.4 Å². The van der Waals surface area contributed by atoms with Crippen molar-refractivity contribution in [2.75, 3.05) is 20.2 Å². The van der Waals surface area contributed by atoms with Crippen LogP contribution in [0.1, 0.15) is 45.0 Å². The molecule has 0 N–H and O–H groups in total. The third-order valence-electron chi connectivity index (χ3n) is 6.58. The van der Waals surface area contributed by atoms with E-state index in [0.29, 0.717) is 20.4 Å². The molecule has 1 aromatic carbocycles. The standard InChI is InChI=1S/C25H28Cl2N5O/c1-25(2,3)22-19(27)20(31(4)30-22)23-28-18-14-17(15-10-6-7-11-16(15)26)29-24(33-5)21(18)32(23)12-8-9-13-32/h6-7,10-11,14H,8-9,12-13H2,1-5H3/q+1. The highest BCUT2D eigenvalue weighted by atomic mass is 35.5. The van der Waals surface area contributed by atoms with E-state index in [2.05, 4.69) is 20.8 Å². The lowest BCUT2D eigenvalue weighted by Gasteiger charge is -2.30. The largest absolute Gasteiger partial charge is 0.477 e. The monoisotopic (exact) mass is 484 g/mol. The molecule has 0 aliphatic carbocycles. The molecule has 0 radical (unpaired) electrons. The summed E-state index contributed by atoms with van der Waals surface area (Å²) in [6, 6.07) is 9.71. The fourth-order valence-electron chi connectivity index (χ4n) is 5.04. The summed E-state index contributed by atoms with van der Waals surface area (Å²) in [5, 5.41) is 6.10. The van der Waals surface area contributed by atoms with Gasteiger partial charge in [0, 0.05) is 35.9 Å². The summed E-state index contributed by atoms with van der Waals surface area (Å²) in [5.41, 5.74) is 5.00. The maximum Gasteiger partial charge on any atom is 0.280 e. The molecule has 8 heteroatoms. The van der Waals surface area contributed by atoms with E-state index in [1.54, 1.807) is 7.11 Å². The van der Waals surface area contributed by atoms with Crippen LogP contribution in [0.2, 0.25) is 10.0 Å². The fourth-order valence-corrected chi connectivity index (χ4v) is 5.80. The lowest BCUT2D eigenvalue weighted by Crippen LogP contribution is -2.51. The molecule has 0 amide bonds. The van der Waals surface area contributed by atoms with Crippen molar-refractivity contribution in [2.24, 2.45) is 12.0 Å². The predicted octanol–water partition coefficient (Wildman–Crippen LogP) is 6.29. The van der Waals surface area contributed by atoms with E-state index in [-0.39, 0.29) is 5.41 Å². The van der Waals surface area contributed by atoms with Crippen molar-refractivity contribution in [3.63, 3.8) is 0 Å². The molecule has 33 heavy (non-hydrogen) atoms. The van der Waals surface area contributed by atoms with Crippen LogP contribution >= 0.6 is 23.2 Å². The highest BCUT2D eigenvalue weighted by Gasteiger charge is 2.52. The number of methoxy groups -OCH3 is 1. The third kappa shape index (κ3) is 3.38. The number of quaternary nitrogens is 1. The summed E-state index contributed by atoms with van der Waals surface area (Å²) in [6.07, 6.45) is 2.19. The first kappa shape index (κ1) is 22.4. The van der Waals surface area contributed by atoms with Crippen LogP contribution in [-0.4, -0.2) is 40.8 Å². The summed E-state index contributed by atoms with van der Waals surface area (Å²) < 4.78 is 8.31. The number of hydrogen-bond donors (Lipinski definition) is 0. The van der Waals surface area contributed by atoms with E-state index in [9.17, 15) is 0 Å². The number of nitrogens with zero attached hydrogens (tertiary/aromatic N) is 5. The SMILES string of the molecule is COc1nc(-c2ccccc2Cl)cc2c1[N+]1(CCCC1)C(c1c(Cl)c(C(C)(C)C)nn1C)=N2. The van der Waals surface area contributed by atoms with Crippen LogP contribution in [0.15, 0.2) is 35.3 Å². The summed E-state index contributed by atoms with van der Waals surface area (Å²) in [4.78, 5) is 10.1. The molecule has 0 atom stereocenters. The maximum atomic E-state index is 6.98. The number of ether oxygens (including phenoxy) is 1. The average Bonchev–Trinajstić information content (AvgIpc) is 3.45. The first-order valence-corrected chi connectivity index (χ1v) is 12.0. The lowest BCUT2D eigenvalue weighted by molar-refractivity contribution is 0.382. The molecule has 4 heterocycles. The Hall–Kier alpha value is -2.41. The number of aromatic nitrogens is 3. The van der Waals surface area contributed by atoms with Crippen LogP contribution in [0.5, 0.6) is 5.88 Å². The zero-order valence-electron chi connectivity index (χ0n) is 19.6. The predicted molar refractivity (Wildman–Crippen MR) is 135 cm³/mol. The molecule has 0 saturated carbocycles. The smallest absolute Gasteiger partial charge is 0.280 e. The summed E-state index contributed by atoms with van der Waals surface area (Å²) in [5.74, 6) is 1.49. The normalized spacial score (nSPS) is 16.9. The van der Waals surface area contributed by atoms with Gasteiger partial charge in [-0.25, -0.2) is 9.47 Å². The van der Waals surface area contributed by atoms with E-state index in [4.69, 9.17) is 43.0 Å². The molecule has 2 aromatic heterocycles. The van der Waals surface area contributed by atoms with Gasteiger partial charge in [0.2, 0.25) is 5.69 Å². The van der Waals surface area contributed by atoms with Gasteiger partial charge in [-0.1, -0.05) is 62.2 Å². The van der Waals surface area contributed by atoms with Crippen molar-refractivity contribution in [3.8, 4) is 17.1 Å². The Morgan fingerprint density at radius 3 is 2.39 bits per heavy atom. The molecule has 2 aliphatic rings. The Bertz CT molecular complexity index is 1280. The Morgan fingerprint density at radius 1 is 1.09 bits per heavy atom. The third-order valence-corrected chi connectivity index (χ3v) is 7.27. The van der Waals surface area contributed by atoms with Gasteiger partial charge < -0.3 is 4.74 Å². The Balaban J connectivity index is 1.76. The van der Waals surface area contributed by atoms with E-state index in [1.807, 2.05) is 42.1 Å². The second-order valence-electron chi connectivity index (χ2n) is 9.81. The highest BCUT2D eigenvalue weighted by molar-refractivity contribution is 6.35. The minimum atomic E-state index is -0.175. The van der Waals surface area contributed by atoms with Crippen molar-refractivity contribution in [1.29, 1.82) is 0 Å². The van der Waals surface area contributed by atoms with Gasteiger partial charge in [0.05, 0.1) is 36.6 Å². The number of benzene rings is 1. The average molecular weight is 485 g/mol. The topological polar surface area (TPSA) is 52.3 Å². The number of pyridine rings is 1. The minimum absolute atomic E-state index is 0.175. The van der Waals surface area contributed by atoms with Crippen LogP contribution in [0, 0.1) is 0 Å². The number of rotatable bonds is 3. The molecule has 172 valence electrons. The van der Waals surface area contributed by atoms with E-state index in [1.165, 1.54) is 0 Å². The van der Waals surface area contributed by atoms with Crippen LogP contribution in [0.3, 0.4) is 0 Å². The van der Waals surface area contributed by atoms with Crippen molar-refractivity contribution in [3.05, 3.63) is 51.8 Å². The van der Waals surface area contributed by atoms with Crippen LogP contribution < -0.4 is 9.22 Å². The van der Waals surface area contributed by atoms with Crippen molar-refractivity contribution < 1.29 is 4.74 Å². The Kier molecular flexibility index (Phi) is 5.31. The molecular weight excluding hydrogens is 457 g/mol. The number of hydrogen-bond acceptors (Lipinski definition) is 4. The second kappa shape index (κ2) is 7.83. The van der Waals surface area contributed by atoms with E-state index >= 15 is 0 Å². The maximum absolute atomic E-state index is 6.98. The van der Waals surface area contributed by atoms with Gasteiger partial charge >= 0.3 is 0 Å². The molecule has 0 unspecified atom stereocenters. The molecular formula is C25H28Cl2N5O+. The zero-order chi connectivity index (χ0) is 23.5. The minimum Gasteiger partial charge on any atom is -0.477 e. The molecule has 1 spiro atoms. The molecule has 2 aliphatic heterocycles. The zero-order valence-corrected chi connectivity index (χ0v) is 21.1. The molecule has 0 bridgehead atoms. The highest BCUT2D eigenvalue weighted by Crippen LogP contribution is 2.52. The number of aliphatic imine (C=N–C) groups is 1. The first-order chi connectivity index (χ1) is 15.7. The van der Waals surface area contributed by atoms with Gasteiger partial charge in [0.25, 0.3) is 11.7 Å². The number of amidine groups is 1.